The molecule has 0 fully saturated rings. The van der Waals surface area contributed by atoms with Gasteiger partial charge in [0.15, 0.2) is 0 Å². The van der Waals surface area contributed by atoms with Gasteiger partial charge in [0.05, 0.1) is 23.5 Å². The molecule has 2 aromatic rings. The van der Waals surface area contributed by atoms with Crippen LogP contribution in [0.15, 0.2) is 30.3 Å². The van der Waals surface area contributed by atoms with E-state index in [0.29, 0.717) is 36.5 Å². The second kappa shape index (κ2) is 5.81. The first-order valence-electron chi connectivity index (χ1n) is 7.07. The number of nitrogens with zero attached hydrogens (tertiary/aromatic N) is 1. The summed E-state index contributed by atoms with van der Waals surface area (Å²) in [6.45, 7) is 1.10. The second-order valence-corrected chi connectivity index (χ2v) is 6.47. The smallest absolute Gasteiger partial charge is 0.251 e. The maximum atomic E-state index is 12.4. The van der Waals surface area contributed by atoms with Crippen LogP contribution in [0.3, 0.4) is 0 Å². The van der Waals surface area contributed by atoms with Crippen LogP contribution in [0.4, 0.5) is 5.00 Å². The van der Waals surface area contributed by atoms with Crippen LogP contribution in [0.2, 0.25) is 0 Å². The van der Waals surface area contributed by atoms with E-state index in [1.165, 1.54) is 11.3 Å². The number of rotatable bonds is 3. The zero-order valence-electron chi connectivity index (χ0n) is 12.0. The van der Waals surface area contributed by atoms with Crippen LogP contribution < -0.4 is 11.5 Å². The fraction of sp³-hybridized carbons (Fsp3) is 0.250. The SMILES string of the molecule is NC(=O)c1c(N)sc2c1CCN(C(=O)Cc1ccccc1)C2. The Morgan fingerprint density at radius 3 is 2.64 bits per heavy atom. The molecule has 0 atom stereocenters. The first-order chi connectivity index (χ1) is 10.6. The standard InChI is InChI=1S/C16H17N3O2S/c17-15(21)14-11-6-7-19(9-12(11)22-16(14)18)13(20)8-10-4-2-1-3-5-10/h1-5H,6-9,18H2,(H2,17,21). The molecule has 1 aliphatic rings. The van der Waals surface area contributed by atoms with E-state index in [2.05, 4.69) is 0 Å². The van der Waals surface area contributed by atoms with Gasteiger partial charge in [0.2, 0.25) is 5.91 Å². The number of nitrogens with two attached hydrogens (primary N) is 2. The summed E-state index contributed by atoms with van der Waals surface area (Å²) in [4.78, 5) is 26.7. The van der Waals surface area contributed by atoms with Gasteiger partial charge in [-0.25, -0.2) is 0 Å². The number of carbonyl (C=O) groups is 2. The minimum atomic E-state index is -0.487. The number of anilines is 1. The highest BCUT2D eigenvalue weighted by molar-refractivity contribution is 7.16. The minimum Gasteiger partial charge on any atom is -0.390 e. The van der Waals surface area contributed by atoms with E-state index >= 15 is 0 Å². The van der Waals surface area contributed by atoms with Crippen LogP contribution in [-0.4, -0.2) is 23.3 Å². The van der Waals surface area contributed by atoms with E-state index in [1.54, 1.807) is 0 Å². The molecule has 4 N–H and O–H groups in total. The van der Waals surface area contributed by atoms with E-state index in [1.807, 2.05) is 35.2 Å². The second-order valence-electron chi connectivity index (χ2n) is 5.33. The highest BCUT2D eigenvalue weighted by Gasteiger charge is 2.27. The number of nitrogen functional groups attached to an aromatic ring is 1. The number of carbonyl (C=O) groups excluding carboxylic acids is 2. The summed E-state index contributed by atoms with van der Waals surface area (Å²) in [5, 5.41) is 0.454. The Kier molecular flexibility index (Phi) is 3.85. The topological polar surface area (TPSA) is 89.4 Å². The molecule has 2 heterocycles. The molecular weight excluding hydrogens is 298 g/mol. The van der Waals surface area contributed by atoms with Gasteiger partial charge in [-0.2, -0.15) is 0 Å². The molecule has 0 spiro atoms. The third-order valence-electron chi connectivity index (χ3n) is 3.88. The summed E-state index contributed by atoms with van der Waals surface area (Å²) in [5.74, 6) is -0.400. The lowest BCUT2D eigenvalue weighted by Gasteiger charge is -2.27. The molecule has 1 aromatic heterocycles. The molecule has 0 aliphatic carbocycles. The van der Waals surface area contributed by atoms with Crippen molar-refractivity contribution in [1.29, 1.82) is 0 Å². The van der Waals surface area contributed by atoms with Gasteiger partial charge in [0.1, 0.15) is 0 Å². The predicted molar refractivity (Wildman–Crippen MR) is 86.5 cm³/mol. The maximum absolute atomic E-state index is 12.4. The van der Waals surface area contributed by atoms with E-state index in [0.717, 1.165) is 16.0 Å². The van der Waals surface area contributed by atoms with Gasteiger partial charge >= 0.3 is 0 Å². The van der Waals surface area contributed by atoms with E-state index < -0.39 is 5.91 Å². The molecule has 0 bridgehead atoms. The van der Waals surface area contributed by atoms with Gasteiger partial charge in [-0.05, 0) is 17.5 Å². The molecule has 5 nitrogen and oxygen atoms in total. The summed E-state index contributed by atoms with van der Waals surface area (Å²) in [7, 11) is 0. The molecular formula is C16H17N3O2S. The van der Waals surface area contributed by atoms with Crippen molar-refractivity contribution in [1.82, 2.24) is 4.90 Å². The fourth-order valence-corrected chi connectivity index (χ4v) is 3.93. The van der Waals surface area contributed by atoms with Crippen LogP contribution in [0, 0.1) is 0 Å². The quantitative estimate of drug-likeness (QED) is 0.900. The highest BCUT2D eigenvalue weighted by Crippen LogP contribution is 2.34. The molecule has 2 amide bonds. The van der Waals surface area contributed by atoms with Crippen molar-refractivity contribution in [2.75, 3.05) is 12.3 Å². The molecule has 0 unspecified atom stereocenters. The highest BCUT2D eigenvalue weighted by atomic mass is 32.1. The molecule has 1 aromatic carbocycles. The lowest BCUT2D eigenvalue weighted by atomic mass is 10.0. The van der Waals surface area contributed by atoms with Gasteiger partial charge < -0.3 is 16.4 Å². The number of primary amides is 1. The Bertz CT molecular complexity index is 724. The number of hydrogen-bond acceptors (Lipinski definition) is 4. The molecule has 3 rings (SSSR count). The molecule has 6 heteroatoms. The van der Waals surface area contributed by atoms with E-state index in [4.69, 9.17) is 11.5 Å². The summed E-state index contributed by atoms with van der Waals surface area (Å²) >= 11 is 1.36. The van der Waals surface area contributed by atoms with Crippen molar-refractivity contribution in [3.05, 3.63) is 51.9 Å². The summed E-state index contributed by atoms with van der Waals surface area (Å²) in [6.07, 6.45) is 1.02. The predicted octanol–water partition coefficient (Wildman–Crippen LogP) is 1.56. The lowest BCUT2D eigenvalue weighted by Crippen LogP contribution is -2.36. The van der Waals surface area contributed by atoms with Crippen molar-refractivity contribution < 1.29 is 9.59 Å². The average Bonchev–Trinajstić information content (AvgIpc) is 2.83. The summed E-state index contributed by atoms with van der Waals surface area (Å²) in [5.41, 5.74) is 13.6. The van der Waals surface area contributed by atoms with Crippen molar-refractivity contribution in [2.24, 2.45) is 5.73 Å². The monoisotopic (exact) mass is 315 g/mol. The summed E-state index contributed by atoms with van der Waals surface area (Å²) < 4.78 is 0. The van der Waals surface area contributed by atoms with Crippen LogP contribution in [-0.2, 0) is 24.2 Å². The van der Waals surface area contributed by atoms with Gasteiger partial charge in [0, 0.05) is 11.4 Å². The minimum absolute atomic E-state index is 0.0875. The fourth-order valence-electron chi connectivity index (χ4n) is 2.79. The third-order valence-corrected chi connectivity index (χ3v) is 4.93. The van der Waals surface area contributed by atoms with E-state index in [-0.39, 0.29) is 5.91 Å². The maximum Gasteiger partial charge on any atom is 0.251 e. The van der Waals surface area contributed by atoms with Crippen LogP contribution in [0.1, 0.15) is 26.4 Å². The third kappa shape index (κ3) is 2.69. The molecule has 0 saturated carbocycles. The van der Waals surface area contributed by atoms with Gasteiger partial charge in [0.25, 0.3) is 5.91 Å². The number of thiophene rings is 1. The van der Waals surface area contributed by atoms with Crippen LogP contribution in [0.25, 0.3) is 0 Å². The largest absolute Gasteiger partial charge is 0.390 e. The normalized spacial score (nSPS) is 13.7. The number of benzene rings is 1. The zero-order chi connectivity index (χ0) is 15.7. The van der Waals surface area contributed by atoms with Crippen LogP contribution >= 0.6 is 11.3 Å². The van der Waals surface area contributed by atoms with Crippen molar-refractivity contribution in [3.8, 4) is 0 Å². The Labute approximate surface area is 132 Å². The number of hydrogen-bond donors (Lipinski definition) is 2. The zero-order valence-corrected chi connectivity index (χ0v) is 12.9. The van der Waals surface area contributed by atoms with Crippen molar-refractivity contribution in [3.63, 3.8) is 0 Å². The Balaban J connectivity index is 1.76. The van der Waals surface area contributed by atoms with Gasteiger partial charge in [-0.1, -0.05) is 30.3 Å². The number of fused-ring (bicyclic) bond motifs is 1. The molecule has 1 aliphatic heterocycles. The Morgan fingerprint density at radius 2 is 1.95 bits per heavy atom. The molecule has 114 valence electrons. The Hall–Kier alpha value is -2.34. The Morgan fingerprint density at radius 1 is 1.23 bits per heavy atom. The van der Waals surface area contributed by atoms with Crippen LogP contribution in [0.5, 0.6) is 0 Å². The van der Waals surface area contributed by atoms with Gasteiger partial charge in [-0.15, -0.1) is 11.3 Å². The van der Waals surface area contributed by atoms with Crippen molar-refractivity contribution in [2.45, 2.75) is 19.4 Å². The average molecular weight is 315 g/mol. The summed E-state index contributed by atoms with van der Waals surface area (Å²) in [6, 6.07) is 9.68. The van der Waals surface area contributed by atoms with E-state index in [9.17, 15) is 9.59 Å². The van der Waals surface area contributed by atoms with Gasteiger partial charge in [-0.3, -0.25) is 9.59 Å². The van der Waals surface area contributed by atoms with Crippen molar-refractivity contribution >= 4 is 28.2 Å². The first kappa shape index (κ1) is 14.6. The molecule has 22 heavy (non-hydrogen) atoms. The lowest BCUT2D eigenvalue weighted by molar-refractivity contribution is -0.131. The first-order valence-corrected chi connectivity index (χ1v) is 7.89. The number of amides is 2. The molecule has 0 saturated heterocycles. The molecule has 0 radical (unpaired) electrons.